The van der Waals surface area contributed by atoms with Crippen LogP contribution in [0.1, 0.15) is 63.1 Å². The van der Waals surface area contributed by atoms with Gasteiger partial charge >= 0.3 is 5.97 Å². The lowest BCUT2D eigenvalue weighted by Crippen LogP contribution is -2.47. The van der Waals surface area contributed by atoms with Crippen LogP contribution >= 0.6 is 0 Å². The highest BCUT2D eigenvalue weighted by molar-refractivity contribution is 5.96. The van der Waals surface area contributed by atoms with Crippen molar-refractivity contribution in [2.45, 2.75) is 43.9 Å². The van der Waals surface area contributed by atoms with Crippen molar-refractivity contribution in [2.75, 3.05) is 26.3 Å². The molecule has 1 saturated carbocycles. The summed E-state index contributed by atoms with van der Waals surface area (Å²) in [4.78, 5) is 52.6. The van der Waals surface area contributed by atoms with Crippen molar-refractivity contribution in [1.29, 1.82) is 0 Å². The number of ether oxygens (including phenoxy) is 2. The van der Waals surface area contributed by atoms with Gasteiger partial charge in [0.05, 0.1) is 12.2 Å². The van der Waals surface area contributed by atoms with E-state index in [0.717, 1.165) is 32.5 Å². The van der Waals surface area contributed by atoms with Gasteiger partial charge in [-0.3, -0.25) is 19.3 Å². The lowest BCUT2D eigenvalue weighted by Gasteiger charge is -2.34. The van der Waals surface area contributed by atoms with E-state index in [0.29, 0.717) is 30.4 Å². The molecule has 1 aliphatic carbocycles. The number of amides is 1. The first kappa shape index (κ1) is 35.5. The zero-order chi connectivity index (χ0) is 35.8. The molecule has 10 nitrogen and oxygen atoms in total. The fourth-order valence-corrected chi connectivity index (χ4v) is 6.67. The van der Waals surface area contributed by atoms with E-state index in [9.17, 15) is 29.4 Å². The van der Waals surface area contributed by atoms with E-state index in [4.69, 9.17) is 9.47 Å². The summed E-state index contributed by atoms with van der Waals surface area (Å²) >= 11 is 0. The highest BCUT2D eigenvalue weighted by Crippen LogP contribution is 2.34. The molecule has 0 unspecified atom stereocenters. The molecule has 51 heavy (non-hydrogen) atoms. The molecular formula is C41H42N2O8. The Hall–Kier alpha value is -5.32. The van der Waals surface area contributed by atoms with Gasteiger partial charge in [-0.1, -0.05) is 72.8 Å². The summed E-state index contributed by atoms with van der Waals surface area (Å²) in [6, 6.07) is 29.4. The van der Waals surface area contributed by atoms with Crippen LogP contribution in [-0.2, 0) is 26.5 Å². The third kappa shape index (κ3) is 8.53. The van der Waals surface area contributed by atoms with Crippen molar-refractivity contribution in [3.05, 3.63) is 131 Å². The largest absolute Gasteiger partial charge is 0.507 e. The zero-order valence-corrected chi connectivity index (χ0v) is 28.3. The first-order valence-electron chi connectivity index (χ1n) is 17.3. The minimum absolute atomic E-state index is 0.0949. The number of piperidine rings is 1. The van der Waals surface area contributed by atoms with Crippen LogP contribution in [0.25, 0.3) is 0 Å². The summed E-state index contributed by atoms with van der Waals surface area (Å²) in [6.07, 6.45) is 3.16. The maximum absolute atomic E-state index is 13.7. The number of nitrogens with zero attached hydrogens (tertiary/aromatic N) is 1. The molecule has 0 spiro atoms. The number of ketones is 1. The van der Waals surface area contributed by atoms with E-state index >= 15 is 0 Å². The summed E-state index contributed by atoms with van der Waals surface area (Å²) in [5.74, 6) is -1.38. The van der Waals surface area contributed by atoms with E-state index < -0.39 is 17.5 Å². The molecular weight excluding hydrogens is 648 g/mol. The Labute approximate surface area is 297 Å². The predicted octanol–water partition coefficient (Wildman–Crippen LogP) is 5.05. The Balaban J connectivity index is 1.02. The van der Waals surface area contributed by atoms with Gasteiger partial charge < -0.3 is 25.0 Å². The summed E-state index contributed by atoms with van der Waals surface area (Å²) in [5.41, 5.74) is 0.112. The van der Waals surface area contributed by atoms with Gasteiger partial charge in [0, 0.05) is 29.6 Å². The summed E-state index contributed by atoms with van der Waals surface area (Å²) < 4.78 is 11.7. The molecule has 4 aromatic rings. The van der Waals surface area contributed by atoms with E-state index in [2.05, 4.69) is 22.3 Å². The second-order valence-electron chi connectivity index (χ2n) is 13.4. The van der Waals surface area contributed by atoms with Crippen molar-refractivity contribution in [3.63, 3.8) is 0 Å². The molecule has 2 fully saturated rings. The topological polar surface area (TPSA) is 142 Å². The van der Waals surface area contributed by atoms with E-state index in [1.54, 1.807) is 54.6 Å². The van der Waals surface area contributed by atoms with Crippen LogP contribution in [0, 0.1) is 11.8 Å². The Kier molecular flexibility index (Phi) is 11.2. The van der Waals surface area contributed by atoms with Gasteiger partial charge in [0.1, 0.15) is 18.1 Å². The Morgan fingerprint density at radius 2 is 1.55 bits per heavy atom. The minimum Gasteiger partial charge on any atom is -0.507 e. The number of phenols is 1. The second kappa shape index (κ2) is 16.1. The van der Waals surface area contributed by atoms with Crippen LogP contribution in [-0.4, -0.2) is 71.4 Å². The van der Waals surface area contributed by atoms with Crippen molar-refractivity contribution in [1.82, 2.24) is 10.2 Å². The summed E-state index contributed by atoms with van der Waals surface area (Å²) in [7, 11) is 0. The molecule has 1 atom stereocenters. The van der Waals surface area contributed by atoms with E-state index in [1.165, 1.54) is 23.8 Å². The van der Waals surface area contributed by atoms with E-state index in [1.807, 2.05) is 18.2 Å². The number of carbonyl (C=O) groups is 4. The minimum atomic E-state index is -2.09. The van der Waals surface area contributed by atoms with Crippen LogP contribution in [0.5, 0.6) is 11.5 Å². The van der Waals surface area contributed by atoms with Gasteiger partial charge in [-0.15, -0.1) is 0 Å². The Morgan fingerprint density at radius 3 is 2.24 bits per heavy atom. The molecule has 10 heteroatoms. The first-order chi connectivity index (χ1) is 24.7. The lowest BCUT2D eigenvalue weighted by molar-refractivity contribution is -0.164. The molecule has 0 radical (unpaired) electrons. The number of Topliss-reactive ketones (excluding diaryl/α,β-unsaturated/α-hetero) is 1. The number of esters is 1. The van der Waals surface area contributed by atoms with Crippen LogP contribution in [0.2, 0.25) is 0 Å². The van der Waals surface area contributed by atoms with Crippen LogP contribution in [0.3, 0.4) is 0 Å². The van der Waals surface area contributed by atoms with Gasteiger partial charge in [-0.2, -0.15) is 0 Å². The molecule has 0 aromatic heterocycles. The number of aldehydes is 1. The maximum Gasteiger partial charge on any atom is 0.347 e. The third-order valence-electron chi connectivity index (χ3n) is 9.87. The molecule has 1 aliphatic heterocycles. The van der Waals surface area contributed by atoms with Gasteiger partial charge in [-0.05, 0) is 86.1 Å². The Morgan fingerprint density at radius 1 is 0.863 bits per heavy atom. The maximum atomic E-state index is 13.7. The van der Waals surface area contributed by atoms with Crippen molar-refractivity contribution < 1.29 is 38.9 Å². The zero-order valence-electron chi connectivity index (χ0n) is 28.3. The standard InChI is InChI=1S/C41H42N2O8/c44-25-31-15-14-30(22-37(31)45)39(47)42-35-20-32(21-35)38(46)27-50-36-13-7-12-34(23-36)41(49,33-10-5-2-6-11-33)40(48)51-26-29-16-18-43(19-17-29)24-28-8-3-1-4-9-28/h1-15,22-23,25,29,32,35,45,49H,16-21,24,26-27H2,(H,42,47)/t32?,35?,41-/m0/s1. The highest BCUT2D eigenvalue weighted by Gasteiger charge is 2.42. The summed E-state index contributed by atoms with van der Waals surface area (Å²) in [6.45, 7) is 2.68. The Bertz CT molecular complexity index is 1840. The van der Waals surface area contributed by atoms with Crippen LogP contribution in [0.4, 0.5) is 0 Å². The van der Waals surface area contributed by atoms with Gasteiger partial charge in [0.2, 0.25) is 5.60 Å². The average molecular weight is 691 g/mol. The molecule has 6 rings (SSSR count). The van der Waals surface area contributed by atoms with Crippen LogP contribution < -0.4 is 10.1 Å². The fourth-order valence-electron chi connectivity index (χ4n) is 6.67. The van der Waals surface area contributed by atoms with Gasteiger partial charge in [0.15, 0.2) is 12.1 Å². The summed E-state index contributed by atoms with van der Waals surface area (Å²) in [5, 5.41) is 24.8. The molecule has 1 heterocycles. The van der Waals surface area contributed by atoms with Crippen molar-refractivity contribution in [2.24, 2.45) is 11.8 Å². The molecule has 4 aromatic carbocycles. The fraction of sp³-hybridized carbons (Fsp3) is 0.317. The second-order valence-corrected chi connectivity index (χ2v) is 13.4. The number of hydrogen-bond acceptors (Lipinski definition) is 9. The van der Waals surface area contributed by atoms with Gasteiger partial charge in [0.25, 0.3) is 5.91 Å². The number of hydrogen-bond donors (Lipinski definition) is 3. The average Bonchev–Trinajstić information content (AvgIpc) is 3.15. The number of aromatic hydroxyl groups is 1. The number of phenolic OH excluding ortho intramolecular Hbond substituents is 1. The molecule has 0 bridgehead atoms. The normalized spacial score (nSPS) is 18.8. The number of carbonyl (C=O) groups excluding carboxylic acids is 4. The monoisotopic (exact) mass is 690 g/mol. The van der Waals surface area contributed by atoms with Crippen molar-refractivity contribution >= 4 is 23.9 Å². The van der Waals surface area contributed by atoms with Crippen LogP contribution in [0.15, 0.2) is 103 Å². The third-order valence-corrected chi connectivity index (χ3v) is 9.87. The molecule has 1 saturated heterocycles. The molecule has 1 amide bonds. The quantitative estimate of drug-likeness (QED) is 0.122. The van der Waals surface area contributed by atoms with E-state index in [-0.39, 0.29) is 59.3 Å². The highest BCUT2D eigenvalue weighted by atomic mass is 16.5. The van der Waals surface area contributed by atoms with Crippen molar-refractivity contribution in [3.8, 4) is 11.5 Å². The number of rotatable bonds is 14. The number of benzene rings is 4. The number of nitrogens with one attached hydrogen (secondary N) is 1. The number of likely N-dealkylation sites (tertiary alicyclic amines) is 1. The SMILES string of the molecule is O=Cc1ccc(C(=O)NC2CC(C(=O)COc3cccc([C@](O)(C(=O)OCC4CCN(Cc5ccccc5)CC4)c4ccccc4)c3)C2)cc1O. The lowest BCUT2D eigenvalue weighted by atomic mass is 9.77. The molecule has 2 aliphatic rings. The smallest absolute Gasteiger partial charge is 0.347 e. The van der Waals surface area contributed by atoms with Gasteiger partial charge in [-0.25, -0.2) is 4.79 Å². The molecule has 3 N–H and O–H groups in total. The predicted molar refractivity (Wildman–Crippen MR) is 189 cm³/mol. The molecule has 264 valence electrons. The first-order valence-corrected chi connectivity index (χ1v) is 17.3. The number of aliphatic hydroxyl groups is 1.